The molecule has 2 aliphatic rings. The topological polar surface area (TPSA) is 95.5 Å². The molecule has 8 nitrogen and oxygen atoms in total. The average molecular weight is 511 g/mol. The number of allylic oxidation sites excluding steroid dienone is 1. The number of hydrogen-bond donors (Lipinski definition) is 2. The molecular formula is C29H27FN6O2. The highest BCUT2D eigenvalue weighted by Crippen LogP contribution is 2.27. The van der Waals surface area contributed by atoms with E-state index in [1.54, 1.807) is 24.3 Å². The van der Waals surface area contributed by atoms with Crippen LogP contribution < -0.4 is 10.1 Å². The van der Waals surface area contributed by atoms with Crippen LogP contribution in [0.15, 0.2) is 77.7 Å². The zero-order valence-corrected chi connectivity index (χ0v) is 20.7. The number of rotatable bonds is 7. The summed E-state index contributed by atoms with van der Waals surface area (Å²) in [6.07, 6.45) is 9.42. The second-order valence-electron chi connectivity index (χ2n) is 9.53. The molecule has 1 amide bonds. The van der Waals surface area contributed by atoms with Crippen LogP contribution in [0.1, 0.15) is 35.3 Å². The molecule has 2 N–H and O–H groups in total. The Labute approximate surface area is 219 Å². The minimum atomic E-state index is -0.559. The van der Waals surface area contributed by atoms with Gasteiger partial charge in [0.15, 0.2) is 23.5 Å². The van der Waals surface area contributed by atoms with E-state index in [9.17, 15) is 9.18 Å². The second kappa shape index (κ2) is 10.5. The molecule has 2 aromatic heterocycles. The summed E-state index contributed by atoms with van der Waals surface area (Å²) in [6, 6.07) is 14.3. The minimum absolute atomic E-state index is 0.145. The number of para-hydroxylation sites is 1. The van der Waals surface area contributed by atoms with E-state index in [-0.39, 0.29) is 11.7 Å². The van der Waals surface area contributed by atoms with Gasteiger partial charge in [0.1, 0.15) is 0 Å². The highest BCUT2D eigenvalue weighted by atomic mass is 19.1. The Morgan fingerprint density at radius 2 is 1.97 bits per heavy atom. The zero-order chi connectivity index (χ0) is 25.9. The normalized spacial score (nSPS) is 17.5. The van der Waals surface area contributed by atoms with Gasteiger partial charge < -0.3 is 10.1 Å². The third kappa shape index (κ3) is 5.19. The molecule has 2 aromatic carbocycles. The number of ether oxygens (including phenoxy) is 1. The molecule has 1 saturated heterocycles. The van der Waals surface area contributed by atoms with Crippen molar-refractivity contribution in [3.05, 3.63) is 89.8 Å². The Bertz CT molecular complexity index is 1540. The molecule has 192 valence electrons. The largest absolute Gasteiger partial charge is 0.465 e. The van der Waals surface area contributed by atoms with Crippen molar-refractivity contribution >= 4 is 23.0 Å². The Balaban J connectivity index is 1.15. The summed E-state index contributed by atoms with van der Waals surface area (Å²) in [5.74, 6) is -0.642. The van der Waals surface area contributed by atoms with Crippen LogP contribution in [0.3, 0.4) is 0 Å². The van der Waals surface area contributed by atoms with Crippen LogP contribution in [-0.4, -0.2) is 51.5 Å². The Hall–Kier alpha value is -4.37. The highest BCUT2D eigenvalue weighted by molar-refractivity contribution is 6.07. The molecule has 1 fully saturated rings. The summed E-state index contributed by atoms with van der Waals surface area (Å²) in [7, 11) is 0. The van der Waals surface area contributed by atoms with Gasteiger partial charge in [0.2, 0.25) is 0 Å². The van der Waals surface area contributed by atoms with Crippen molar-refractivity contribution < 1.29 is 13.9 Å². The number of carbonyl (C=O) groups is 1. The molecule has 4 heterocycles. The second-order valence-corrected chi connectivity index (χ2v) is 9.53. The molecule has 0 radical (unpaired) electrons. The summed E-state index contributed by atoms with van der Waals surface area (Å²) in [5, 5.41) is 10.8. The van der Waals surface area contributed by atoms with Gasteiger partial charge in [-0.1, -0.05) is 24.3 Å². The Kier molecular flexibility index (Phi) is 6.66. The quantitative estimate of drug-likeness (QED) is 0.371. The minimum Gasteiger partial charge on any atom is -0.465 e. The number of aromatic nitrogens is 3. The molecular weight excluding hydrogens is 483 g/mol. The fourth-order valence-corrected chi connectivity index (χ4v) is 4.84. The van der Waals surface area contributed by atoms with Gasteiger partial charge in [-0.3, -0.25) is 19.8 Å². The number of carbonyl (C=O) groups excluding carboxylic acids is 1. The molecule has 0 spiro atoms. The number of H-pyrrole nitrogens is 1. The predicted octanol–water partition coefficient (Wildman–Crippen LogP) is 4.85. The summed E-state index contributed by atoms with van der Waals surface area (Å²) in [4.78, 5) is 24.3. The monoisotopic (exact) mass is 510 g/mol. The lowest BCUT2D eigenvalue weighted by atomic mass is 10.0. The first kappa shape index (κ1) is 24.0. The van der Waals surface area contributed by atoms with E-state index in [0.29, 0.717) is 17.8 Å². The van der Waals surface area contributed by atoms with Gasteiger partial charge in [0.05, 0.1) is 11.2 Å². The number of dihydropyridines is 1. The lowest BCUT2D eigenvalue weighted by Crippen LogP contribution is -2.27. The van der Waals surface area contributed by atoms with Crippen LogP contribution in [0.5, 0.6) is 5.75 Å². The zero-order valence-electron chi connectivity index (χ0n) is 20.7. The van der Waals surface area contributed by atoms with Crippen LogP contribution >= 0.6 is 0 Å². The molecule has 4 aromatic rings. The first-order chi connectivity index (χ1) is 18.6. The summed E-state index contributed by atoms with van der Waals surface area (Å²) < 4.78 is 19.5. The van der Waals surface area contributed by atoms with Crippen molar-refractivity contribution in [2.24, 2.45) is 4.99 Å². The van der Waals surface area contributed by atoms with E-state index in [4.69, 9.17) is 4.74 Å². The number of halogens is 1. The van der Waals surface area contributed by atoms with Crippen molar-refractivity contribution in [1.29, 1.82) is 0 Å². The molecule has 38 heavy (non-hydrogen) atoms. The summed E-state index contributed by atoms with van der Waals surface area (Å²) >= 11 is 0. The van der Waals surface area contributed by atoms with Gasteiger partial charge in [0, 0.05) is 42.5 Å². The van der Waals surface area contributed by atoms with E-state index in [2.05, 4.69) is 36.5 Å². The van der Waals surface area contributed by atoms with Crippen molar-refractivity contribution in [3.8, 4) is 16.9 Å². The van der Waals surface area contributed by atoms with Crippen LogP contribution in [-0.2, 0) is 6.54 Å². The maximum absolute atomic E-state index is 13.9. The molecule has 1 unspecified atom stereocenters. The number of likely N-dealkylation sites (tertiary alicyclic amines) is 1. The molecule has 1 atom stereocenters. The number of nitrogens with zero attached hydrogens (tertiary/aromatic N) is 4. The molecule has 0 saturated carbocycles. The number of fused-ring (bicyclic) bond motifs is 1. The molecule has 0 aliphatic carbocycles. The van der Waals surface area contributed by atoms with E-state index >= 15 is 0 Å². The molecule has 2 aliphatic heterocycles. The maximum Gasteiger partial charge on any atom is 0.276 e. The number of hydrogen-bond acceptors (Lipinski definition) is 6. The smallest absolute Gasteiger partial charge is 0.276 e. The fraction of sp³-hybridized carbons (Fsp3) is 0.241. The van der Waals surface area contributed by atoms with Crippen LogP contribution in [0, 0.1) is 5.82 Å². The summed E-state index contributed by atoms with van der Waals surface area (Å²) in [6.45, 7) is 3.15. The van der Waals surface area contributed by atoms with Gasteiger partial charge in [0.25, 0.3) is 5.91 Å². The molecule has 0 bridgehead atoms. The van der Waals surface area contributed by atoms with E-state index in [0.717, 1.165) is 41.7 Å². The van der Waals surface area contributed by atoms with Gasteiger partial charge in [-0.15, -0.1) is 0 Å². The van der Waals surface area contributed by atoms with Gasteiger partial charge in [-0.25, -0.2) is 9.38 Å². The number of amides is 1. The van der Waals surface area contributed by atoms with Gasteiger partial charge in [-0.05, 0) is 67.4 Å². The fourth-order valence-electron chi connectivity index (χ4n) is 4.84. The third-order valence-corrected chi connectivity index (χ3v) is 6.79. The number of aliphatic imine (C=N–C) groups is 1. The average Bonchev–Trinajstić information content (AvgIpc) is 3.61. The van der Waals surface area contributed by atoms with E-state index in [1.807, 2.05) is 30.6 Å². The first-order valence-corrected chi connectivity index (χ1v) is 12.7. The van der Waals surface area contributed by atoms with Crippen molar-refractivity contribution in [1.82, 2.24) is 25.4 Å². The SMILES string of the molecule is O=C(NC1=CCC(Oc2ccccc2F)N=C1)c1n[nH]c2ccc(-c3cncc(CN4CCCC4)c3)cc12. The van der Waals surface area contributed by atoms with E-state index in [1.165, 1.54) is 30.7 Å². The van der Waals surface area contributed by atoms with Crippen LogP contribution in [0.25, 0.3) is 22.0 Å². The number of aromatic amines is 1. The van der Waals surface area contributed by atoms with Crippen LogP contribution in [0.4, 0.5) is 4.39 Å². The van der Waals surface area contributed by atoms with Crippen molar-refractivity contribution in [2.75, 3.05) is 13.1 Å². The maximum atomic E-state index is 13.9. The Morgan fingerprint density at radius 3 is 2.79 bits per heavy atom. The van der Waals surface area contributed by atoms with Gasteiger partial charge in [-0.2, -0.15) is 5.10 Å². The highest BCUT2D eigenvalue weighted by Gasteiger charge is 2.19. The molecule has 6 rings (SSSR count). The van der Waals surface area contributed by atoms with E-state index < -0.39 is 12.0 Å². The van der Waals surface area contributed by atoms with Gasteiger partial charge >= 0.3 is 0 Å². The summed E-state index contributed by atoms with van der Waals surface area (Å²) in [5.41, 5.74) is 4.74. The number of pyridine rings is 1. The lowest BCUT2D eigenvalue weighted by molar-refractivity contribution is 0.0964. The number of benzene rings is 2. The molecule has 9 heteroatoms. The van der Waals surface area contributed by atoms with Crippen molar-refractivity contribution in [2.45, 2.75) is 32.0 Å². The lowest BCUT2D eigenvalue weighted by Gasteiger charge is -2.18. The first-order valence-electron chi connectivity index (χ1n) is 12.7. The number of nitrogens with one attached hydrogen (secondary N) is 2. The van der Waals surface area contributed by atoms with Crippen molar-refractivity contribution in [3.63, 3.8) is 0 Å². The predicted molar refractivity (Wildman–Crippen MR) is 143 cm³/mol. The van der Waals surface area contributed by atoms with Crippen LogP contribution in [0.2, 0.25) is 0 Å². The third-order valence-electron chi connectivity index (χ3n) is 6.79. The Morgan fingerprint density at radius 1 is 1.11 bits per heavy atom. The standard InChI is InChI=1S/C29H27FN6O2/c30-24-5-1-2-6-26(24)38-27-10-8-22(17-32-27)33-29(37)28-23-14-20(7-9-25(23)34-35-28)21-13-19(15-31-16-21)18-36-11-3-4-12-36/h1-2,5-9,13-17,27H,3-4,10-12,18H2,(H,33,37)(H,34,35).